The Balaban J connectivity index is 3.08. The summed E-state index contributed by atoms with van der Waals surface area (Å²) in [5.41, 5.74) is 0.281. The number of benzene rings is 1. The van der Waals surface area contributed by atoms with E-state index in [1.807, 2.05) is 0 Å². The standard InChI is InChI=1S/C9H9BrO4/c1-14-7-3-5(2-6(10)4-7)8(11)9(12)13/h2-4,8,11H,1H3,(H,12,13). The molecule has 2 N–H and O–H groups in total. The van der Waals surface area contributed by atoms with Crippen LogP contribution in [-0.2, 0) is 4.79 Å². The second kappa shape index (κ2) is 4.43. The minimum Gasteiger partial charge on any atom is -0.497 e. The van der Waals surface area contributed by atoms with Crippen molar-refractivity contribution in [3.8, 4) is 5.75 Å². The fourth-order valence-electron chi connectivity index (χ4n) is 1.00. The van der Waals surface area contributed by atoms with Crippen LogP contribution in [0.25, 0.3) is 0 Å². The Bertz CT molecular complexity index is 351. The number of hydrogen-bond donors (Lipinski definition) is 2. The quantitative estimate of drug-likeness (QED) is 0.866. The molecule has 1 rings (SSSR count). The number of aliphatic hydroxyl groups is 1. The predicted molar refractivity (Wildman–Crippen MR) is 53.3 cm³/mol. The maximum atomic E-state index is 10.5. The Kier molecular flexibility index (Phi) is 3.49. The summed E-state index contributed by atoms with van der Waals surface area (Å²) in [4.78, 5) is 10.5. The lowest BCUT2D eigenvalue weighted by Gasteiger charge is -2.08. The summed E-state index contributed by atoms with van der Waals surface area (Å²) in [6.07, 6.45) is -1.53. The maximum absolute atomic E-state index is 10.5. The van der Waals surface area contributed by atoms with Crippen LogP contribution in [0.15, 0.2) is 22.7 Å². The van der Waals surface area contributed by atoms with Gasteiger partial charge in [-0.2, -0.15) is 0 Å². The number of methoxy groups -OCH3 is 1. The number of halogens is 1. The highest BCUT2D eigenvalue weighted by molar-refractivity contribution is 9.10. The topological polar surface area (TPSA) is 66.8 Å². The largest absolute Gasteiger partial charge is 0.497 e. The molecule has 0 fully saturated rings. The number of rotatable bonds is 3. The zero-order valence-corrected chi connectivity index (χ0v) is 8.98. The van der Waals surface area contributed by atoms with Crippen LogP contribution in [0.4, 0.5) is 0 Å². The lowest BCUT2D eigenvalue weighted by atomic mass is 10.1. The number of carboxylic acids is 1. The normalized spacial score (nSPS) is 12.2. The first-order valence-corrected chi connectivity index (χ1v) is 4.59. The van der Waals surface area contributed by atoms with Gasteiger partial charge in [-0.15, -0.1) is 0 Å². The first kappa shape index (κ1) is 11.0. The highest BCUT2D eigenvalue weighted by atomic mass is 79.9. The molecule has 0 radical (unpaired) electrons. The summed E-state index contributed by atoms with van der Waals surface area (Å²) >= 11 is 3.19. The number of ether oxygens (including phenoxy) is 1. The van der Waals surface area contributed by atoms with E-state index < -0.39 is 12.1 Å². The first-order chi connectivity index (χ1) is 6.54. The van der Waals surface area contributed by atoms with Crippen molar-refractivity contribution >= 4 is 21.9 Å². The van der Waals surface area contributed by atoms with Gasteiger partial charge in [0.25, 0.3) is 0 Å². The van der Waals surface area contributed by atoms with Gasteiger partial charge < -0.3 is 14.9 Å². The average Bonchev–Trinajstić information content (AvgIpc) is 2.15. The maximum Gasteiger partial charge on any atom is 0.337 e. The van der Waals surface area contributed by atoms with Gasteiger partial charge in [-0.05, 0) is 23.8 Å². The second-order valence-electron chi connectivity index (χ2n) is 2.67. The van der Waals surface area contributed by atoms with Crippen LogP contribution < -0.4 is 4.74 Å². The molecule has 4 nitrogen and oxygen atoms in total. The highest BCUT2D eigenvalue weighted by Crippen LogP contribution is 2.25. The molecule has 0 aliphatic carbocycles. The molecular formula is C9H9BrO4. The Morgan fingerprint density at radius 3 is 2.64 bits per heavy atom. The molecule has 0 bridgehead atoms. The van der Waals surface area contributed by atoms with Gasteiger partial charge in [0.2, 0.25) is 0 Å². The van der Waals surface area contributed by atoms with Gasteiger partial charge in [-0.25, -0.2) is 4.79 Å². The fraction of sp³-hybridized carbons (Fsp3) is 0.222. The molecule has 0 saturated heterocycles. The molecule has 14 heavy (non-hydrogen) atoms. The molecule has 0 aromatic heterocycles. The van der Waals surface area contributed by atoms with E-state index in [0.717, 1.165) is 0 Å². The lowest BCUT2D eigenvalue weighted by Crippen LogP contribution is -2.10. The first-order valence-electron chi connectivity index (χ1n) is 3.80. The van der Waals surface area contributed by atoms with Gasteiger partial charge in [0.05, 0.1) is 7.11 Å². The van der Waals surface area contributed by atoms with Gasteiger partial charge in [0.1, 0.15) is 5.75 Å². The molecule has 0 aliphatic heterocycles. The second-order valence-corrected chi connectivity index (χ2v) is 3.58. The van der Waals surface area contributed by atoms with Gasteiger partial charge in [-0.1, -0.05) is 15.9 Å². The van der Waals surface area contributed by atoms with E-state index in [1.165, 1.54) is 19.2 Å². The monoisotopic (exact) mass is 260 g/mol. The number of carbonyl (C=O) groups is 1. The van der Waals surface area contributed by atoms with E-state index in [2.05, 4.69) is 15.9 Å². The third-order valence-electron chi connectivity index (χ3n) is 1.68. The van der Waals surface area contributed by atoms with Crippen molar-refractivity contribution in [3.05, 3.63) is 28.2 Å². The van der Waals surface area contributed by atoms with Crippen LogP contribution >= 0.6 is 15.9 Å². The molecule has 0 spiro atoms. The Hall–Kier alpha value is -1.07. The molecule has 0 saturated carbocycles. The van der Waals surface area contributed by atoms with Crippen LogP contribution in [-0.4, -0.2) is 23.3 Å². The van der Waals surface area contributed by atoms with Gasteiger partial charge in [-0.3, -0.25) is 0 Å². The van der Waals surface area contributed by atoms with E-state index >= 15 is 0 Å². The predicted octanol–water partition coefficient (Wildman–Crippen LogP) is 1.58. The molecule has 0 aliphatic rings. The smallest absolute Gasteiger partial charge is 0.337 e. The third-order valence-corrected chi connectivity index (χ3v) is 2.14. The van der Waals surface area contributed by atoms with Crippen molar-refractivity contribution < 1.29 is 19.7 Å². The number of aliphatic carboxylic acids is 1. The van der Waals surface area contributed by atoms with Crippen molar-refractivity contribution in [3.63, 3.8) is 0 Å². The summed E-state index contributed by atoms with van der Waals surface area (Å²) in [5, 5.41) is 17.9. The number of carboxylic acid groups (broad SMARTS) is 1. The van der Waals surface area contributed by atoms with Crippen LogP contribution in [0.5, 0.6) is 5.75 Å². The summed E-state index contributed by atoms with van der Waals surface area (Å²) < 4.78 is 5.59. The van der Waals surface area contributed by atoms with Crippen LogP contribution in [0.1, 0.15) is 11.7 Å². The SMILES string of the molecule is COc1cc(Br)cc(C(O)C(=O)O)c1. The molecule has 0 amide bonds. The fourth-order valence-corrected chi connectivity index (χ4v) is 1.49. The Morgan fingerprint density at radius 2 is 2.14 bits per heavy atom. The van der Waals surface area contributed by atoms with Gasteiger partial charge in [0.15, 0.2) is 6.10 Å². The van der Waals surface area contributed by atoms with Crippen LogP contribution in [0.3, 0.4) is 0 Å². The van der Waals surface area contributed by atoms with Crippen molar-refractivity contribution in [1.82, 2.24) is 0 Å². The number of aliphatic hydroxyl groups excluding tert-OH is 1. The molecule has 1 aromatic rings. The number of hydrogen-bond acceptors (Lipinski definition) is 3. The van der Waals surface area contributed by atoms with E-state index in [4.69, 9.17) is 9.84 Å². The Labute approximate surface area is 89.3 Å². The van der Waals surface area contributed by atoms with Gasteiger partial charge in [0, 0.05) is 4.47 Å². The Morgan fingerprint density at radius 1 is 1.50 bits per heavy atom. The van der Waals surface area contributed by atoms with E-state index in [0.29, 0.717) is 10.2 Å². The van der Waals surface area contributed by atoms with E-state index in [-0.39, 0.29) is 5.56 Å². The molecule has 76 valence electrons. The molecule has 0 heterocycles. The summed E-state index contributed by atoms with van der Waals surface area (Å²) in [5.74, 6) is -0.792. The molecule has 1 aromatic carbocycles. The van der Waals surface area contributed by atoms with Crippen LogP contribution in [0.2, 0.25) is 0 Å². The molecule has 5 heteroatoms. The van der Waals surface area contributed by atoms with Crippen molar-refractivity contribution in [2.75, 3.05) is 7.11 Å². The summed E-state index contributed by atoms with van der Waals surface area (Å²) in [6, 6.07) is 4.68. The summed E-state index contributed by atoms with van der Waals surface area (Å²) in [6.45, 7) is 0. The minimum atomic E-state index is -1.53. The molecule has 1 atom stereocenters. The van der Waals surface area contributed by atoms with E-state index in [9.17, 15) is 9.90 Å². The van der Waals surface area contributed by atoms with Crippen molar-refractivity contribution in [2.24, 2.45) is 0 Å². The minimum absolute atomic E-state index is 0.281. The van der Waals surface area contributed by atoms with Crippen molar-refractivity contribution in [1.29, 1.82) is 0 Å². The molecular weight excluding hydrogens is 252 g/mol. The van der Waals surface area contributed by atoms with Crippen LogP contribution in [0, 0.1) is 0 Å². The molecule has 1 unspecified atom stereocenters. The van der Waals surface area contributed by atoms with Gasteiger partial charge >= 0.3 is 5.97 Å². The van der Waals surface area contributed by atoms with E-state index in [1.54, 1.807) is 6.07 Å². The average molecular weight is 261 g/mol. The lowest BCUT2D eigenvalue weighted by molar-refractivity contribution is -0.146. The third kappa shape index (κ3) is 2.46. The zero-order chi connectivity index (χ0) is 10.7. The highest BCUT2D eigenvalue weighted by Gasteiger charge is 2.16. The summed E-state index contributed by atoms with van der Waals surface area (Å²) in [7, 11) is 1.47. The van der Waals surface area contributed by atoms with Crippen molar-refractivity contribution in [2.45, 2.75) is 6.10 Å². The zero-order valence-electron chi connectivity index (χ0n) is 7.40.